The van der Waals surface area contributed by atoms with Crippen molar-refractivity contribution in [1.82, 2.24) is 25.2 Å². The lowest BCUT2D eigenvalue weighted by molar-refractivity contribution is -0.148. The van der Waals surface area contributed by atoms with Crippen LogP contribution < -0.4 is 10.2 Å². The van der Waals surface area contributed by atoms with Crippen LogP contribution in [0.1, 0.15) is 36.0 Å². The molecular formula is C22H25FN6O2. The van der Waals surface area contributed by atoms with E-state index in [1.54, 1.807) is 24.5 Å². The van der Waals surface area contributed by atoms with Crippen LogP contribution in [0.15, 0.2) is 37.1 Å². The Hall–Kier alpha value is -3.10. The summed E-state index contributed by atoms with van der Waals surface area (Å²) in [5, 5.41) is 3.01. The molecule has 3 fully saturated rings. The predicted octanol–water partition coefficient (Wildman–Crippen LogP) is 1.65. The van der Waals surface area contributed by atoms with Crippen LogP contribution in [0, 0.1) is 17.7 Å². The van der Waals surface area contributed by atoms with Gasteiger partial charge in [0.1, 0.15) is 6.33 Å². The van der Waals surface area contributed by atoms with Gasteiger partial charge in [0.15, 0.2) is 11.6 Å². The highest BCUT2D eigenvalue weighted by atomic mass is 19.1. The van der Waals surface area contributed by atoms with Crippen molar-refractivity contribution in [2.45, 2.75) is 37.8 Å². The number of piperidine rings is 3. The first-order valence-corrected chi connectivity index (χ1v) is 10.8. The van der Waals surface area contributed by atoms with E-state index < -0.39 is 5.82 Å². The fourth-order valence-corrected chi connectivity index (χ4v) is 5.55. The maximum absolute atomic E-state index is 14.4. The lowest BCUT2D eigenvalue weighted by Gasteiger charge is -2.56. The largest absolute Gasteiger partial charge is 0.353 e. The van der Waals surface area contributed by atoms with E-state index in [9.17, 15) is 14.0 Å². The number of nitrogens with one attached hydrogen (secondary N) is 1. The van der Waals surface area contributed by atoms with Gasteiger partial charge in [-0.15, -0.1) is 0 Å². The second-order valence-electron chi connectivity index (χ2n) is 8.63. The van der Waals surface area contributed by atoms with E-state index in [1.165, 1.54) is 12.5 Å². The molecule has 5 heterocycles. The first kappa shape index (κ1) is 19.8. The number of carbonyl (C=O) groups excluding carboxylic acids is 2. The molecule has 8 nitrogen and oxygen atoms in total. The average molecular weight is 424 g/mol. The van der Waals surface area contributed by atoms with E-state index in [1.807, 2.05) is 9.80 Å². The van der Waals surface area contributed by atoms with Crippen LogP contribution in [0.5, 0.6) is 0 Å². The van der Waals surface area contributed by atoms with Gasteiger partial charge in [0.05, 0.1) is 12.2 Å². The van der Waals surface area contributed by atoms with E-state index in [2.05, 4.69) is 20.3 Å². The van der Waals surface area contributed by atoms with Crippen molar-refractivity contribution in [3.63, 3.8) is 0 Å². The highest BCUT2D eigenvalue weighted by Crippen LogP contribution is 2.42. The number of hydrogen-bond donors (Lipinski definition) is 1. The summed E-state index contributed by atoms with van der Waals surface area (Å²) in [6.45, 7) is 1.65. The smallest absolute Gasteiger partial charge is 0.251 e. The molecule has 0 radical (unpaired) electrons. The number of aromatic nitrogens is 3. The second kappa shape index (κ2) is 8.20. The highest BCUT2D eigenvalue weighted by molar-refractivity contribution is 5.94. The molecule has 2 amide bonds. The minimum absolute atomic E-state index is 0.118. The fraction of sp³-hybridized carbons (Fsp3) is 0.500. The molecule has 4 atom stereocenters. The predicted molar refractivity (Wildman–Crippen MR) is 111 cm³/mol. The molecule has 2 aromatic heterocycles. The van der Waals surface area contributed by atoms with Crippen LogP contribution in [-0.4, -0.2) is 63.4 Å². The van der Waals surface area contributed by atoms with Crippen LogP contribution in [-0.2, 0) is 4.79 Å². The third-order valence-corrected chi connectivity index (χ3v) is 6.86. The topological polar surface area (TPSA) is 91.3 Å². The zero-order valence-corrected chi connectivity index (χ0v) is 17.2. The van der Waals surface area contributed by atoms with Gasteiger partial charge in [-0.2, -0.15) is 0 Å². The number of halogens is 1. The number of hydrogen-bond acceptors (Lipinski definition) is 6. The average Bonchev–Trinajstić information content (AvgIpc) is 2.80. The van der Waals surface area contributed by atoms with Gasteiger partial charge in [-0.1, -0.05) is 0 Å². The molecule has 5 rings (SSSR count). The van der Waals surface area contributed by atoms with Crippen LogP contribution in [0.2, 0.25) is 0 Å². The van der Waals surface area contributed by atoms with Crippen molar-refractivity contribution in [2.75, 3.05) is 24.5 Å². The van der Waals surface area contributed by atoms with Gasteiger partial charge in [0, 0.05) is 50.1 Å². The molecule has 1 N–H and O–H groups in total. The summed E-state index contributed by atoms with van der Waals surface area (Å²) >= 11 is 0. The Balaban J connectivity index is 1.39. The van der Waals surface area contributed by atoms with Crippen molar-refractivity contribution in [3.05, 3.63) is 48.4 Å². The lowest BCUT2D eigenvalue weighted by atomic mass is 9.72. The Kier molecular flexibility index (Phi) is 5.25. The zero-order valence-electron chi connectivity index (χ0n) is 17.2. The Bertz CT molecular complexity index is 973. The van der Waals surface area contributed by atoms with Crippen LogP contribution >= 0.6 is 0 Å². The van der Waals surface area contributed by atoms with Gasteiger partial charge in [-0.3, -0.25) is 14.6 Å². The lowest BCUT2D eigenvalue weighted by Crippen LogP contribution is -2.67. The zero-order chi connectivity index (χ0) is 21.4. The number of nitrogens with zero attached hydrogens (tertiary/aromatic N) is 5. The number of pyridine rings is 1. The molecule has 0 unspecified atom stereocenters. The van der Waals surface area contributed by atoms with Crippen LogP contribution in [0.3, 0.4) is 0 Å². The molecule has 0 spiro atoms. The molecule has 2 bridgehead atoms. The Morgan fingerprint density at radius 1 is 1.19 bits per heavy atom. The summed E-state index contributed by atoms with van der Waals surface area (Å²) in [6, 6.07) is 3.34. The van der Waals surface area contributed by atoms with Crippen molar-refractivity contribution in [3.8, 4) is 0 Å². The molecule has 3 aliphatic rings. The SMILES string of the molecule is O=C(NC[C@H]1[C@H]2C[C@H](CN(c3ncncc3F)C2)[C@@H]2CCCC(=O)N21)c1ccncc1. The Morgan fingerprint density at radius 2 is 2.00 bits per heavy atom. The van der Waals surface area contributed by atoms with E-state index in [0.717, 1.165) is 19.3 Å². The summed E-state index contributed by atoms with van der Waals surface area (Å²) in [4.78, 5) is 41.4. The van der Waals surface area contributed by atoms with Crippen molar-refractivity contribution in [2.24, 2.45) is 11.8 Å². The molecule has 3 saturated heterocycles. The molecule has 9 heteroatoms. The summed E-state index contributed by atoms with van der Waals surface area (Å²) < 4.78 is 14.4. The van der Waals surface area contributed by atoms with Gasteiger partial charge in [0.2, 0.25) is 5.91 Å². The molecule has 31 heavy (non-hydrogen) atoms. The third-order valence-electron chi connectivity index (χ3n) is 6.86. The minimum atomic E-state index is -0.429. The highest BCUT2D eigenvalue weighted by Gasteiger charge is 2.49. The quantitative estimate of drug-likeness (QED) is 0.803. The molecule has 0 aromatic carbocycles. The Labute approximate surface area is 179 Å². The fourth-order valence-electron chi connectivity index (χ4n) is 5.55. The van der Waals surface area contributed by atoms with Crippen LogP contribution in [0.4, 0.5) is 10.2 Å². The number of fused-ring (bicyclic) bond motifs is 4. The summed E-state index contributed by atoms with van der Waals surface area (Å²) in [7, 11) is 0. The van der Waals surface area contributed by atoms with Gasteiger partial charge in [0.25, 0.3) is 5.91 Å². The van der Waals surface area contributed by atoms with Crippen molar-refractivity contribution >= 4 is 17.6 Å². The summed E-state index contributed by atoms with van der Waals surface area (Å²) in [5.74, 6) is 0.269. The number of amides is 2. The third kappa shape index (κ3) is 3.73. The molecule has 2 aromatic rings. The van der Waals surface area contributed by atoms with Gasteiger partial charge < -0.3 is 15.1 Å². The molecular weight excluding hydrogens is 399 g/mol. The molecule has 3 aliphatic heterocycles. The number of carbonyl (C=O) groups is 2. The Morgan fingerprint density at radius 3 is 2.81 bits per heavy atom. The maximum atomic E-state index is 14.4. The first-order valence-electron chi connectivity index (χ1n) is 10.8. The van der Waals surface area contributed by atoms with Crippen molar-refractivity contribution in [1.29, 1.82) is 0 Å². The number of rotatable bonds is 4. The van der Waals surface area contributed by atoms with Gasteiger partial charge in [-0.25, -0.2) is 14.4 Å². The summed E-state index contributed by atoms with van der Waals surface area (Å²) in [5.41, 5.74) is 0.540. The second-order valence-corrected chi connectivity index (χ2v) is 8.63. The minimum Gasteiger partial charge on any atom is -0.353 e. The van der Waals surface area contributed by atoms with Crippen LogP contribution in [0.25, 0.3) is 0 Å². The standard InChI is InChI=1S/C22H25FN6O2/c23-17-9-25-13-27-21(17)28-11-15-8-16(12-28)19(29-18(15)2-1-3-20(29)30)10-26-22(31)14-4-6-24-7-5-14/h4-7,9,13,15-16,18-19H,1-3,8,10-12H2,(H,26,31)/t15-,16+,18+,19+/m1/s1. The number of anilines is 1. The normalized spacial score (nSPS) is 27.6. The first-order chi connectivity index (χ1) is 15.1. The molecule has 0 aliphatic carbocycles. The molecule has 162 valence electrons. The van der Waals surface area contributed by atoms with E-state index in [-0.39, 0.29) is 35.7 Å². The van der Waals surface area contributed by atoms with Gasteiger partial charge in [-0.05, 0) is 43.2 Å². The van der Waals surface area contributed by atoms with E-state index in [0.29, 0.717) is 37.4 Å². The monoisotopic (exact) mass is 424 g/mol. The molecule has 0 saturated carbocycles. The van der Waals surface area contributed by atoms with E-state index in [4.69, 9.17) is 0 Å². The van der Waals surface area contributed by atoms with Crippen molar-refractivity contribution < 1.29 is 14.0 Å². The van der Waals surface area contributed by atoms with E-state index >= 15 is 0 Å². The van der Waals surface area contributed by atoms with Gasteiger partial charge >= 0.3 is 0 Å². The maximum Gasteiger partial charge on any atom is 0.251 e. The summed E-state index contributed by atoms with van der Waals surface area (Å²) in [6.07, 6.45) is 9.06.